The lowest BCUT2D eigenvalue weighted by Crippen LogP contribution is -2.29. The monoisotopic (exact) mass is 488 g/mol. The molecule has 0 bridgehead atoms. The van der Waals surface area contributed by atoms with Crippen LogP contribution in [0.3, 0.4) is 0 Å². The number of nitro groups is 1. The molecule has 0 radical (unpaired) electrons. The molecule has 1 fully saturated rings. The van der Waals surface area contributed by atoms with Crippen molar-refractivity contribution in [3.63, 3.8) is 0 Å². The summed E-state index contributed by atoms with van der Waals surface area (Å²) in [5.41, 5.74) is 0.549. The topological polar surface area (TPSA) is 136 Å². The molecule has 1 N–H and O–H groups in total. The van der Waals surface area contributed by atoms with E-state index in [9.17, 15) is 29.6 Å². The number of nitrogens with zero attached hydrogens (tertiary/aromatic N) is 2. The number of non-ortho nitro benzene ring substituents is 1. The number of hydrogen-bond acceptors (Lipinski definition) is 8. The van der Waals surface area contributed by atoms with Gasteiger partial charge in [0.25, 0.3) is 17.4 Å². The number of nitro benzene ring substituents is 1. The Morgan fingerprint density at radius 2 is 1.67 bits per heavy atom. The molecular formula is C26H20N2O8. The molecule has 1 saturated heterocycles. The molecule has 0 aliphatic carbocycles. The van der Waals surface area contributed by atoms with E-state index in [1.165, 1.54) is 55.3 Å². The third-order valence-corrected chi connectivity index (χ3v) is 5.58. The maximum absolute atomic E-state index is 13.2. The highest BCUT2D eigenvalue weighted by molar-refractivity contribution is 6.51. The molecule has 10 nitrogen and oxygen atoms in total. The number of ether oxygens (including phenoxy) is 2. The Kier molecular flexibility index (Phi) is 6.51. The van der Waals surface area contributed by atoms with Crippen molar-refractivity contribution in [1.82, 2.24) is 0 Å². The number of benzene rings is 3. The highest BCUT2D eigenvalue weighted by Crippen LogP contribution is 2.43. The molecular weight excluding hydrogens is 468 g/mol. The molecule has 3 aromatic rings. The first kappa shape index (κ1) is 24.1. The van der Waals surface area contributed by atoms with Gasteiger partial charge in [-0.25, -0.2) is 0 Å². The Morgan fingerprint density at radius 1 is 1.00 bits per heavy atom. The average Bonchev–Trinajstić information content (AvgIpc) is 3.14. The van der Waals surface area contributed by atoms with Crippen LogP contribution in [0.25, 0.3) is 5.76 Å². The van der Waals surface area contributed by atoms with E-state index in [0.717, 1.165) is 0 Å². The van der Waals surface area contributed by atoms with Crippen molar-refractivity contribution in [3.8, 4) is 11.5 Å². The van der Waals surface area contributed by atoms with Gasteiger partial charge in [-0.3, -0.25) is 29.4 Å². The molecule has 36 heavy (non-hydrogen) atoms. The molecule has 1 unspecified atom stereocenters. The van der Waals surface area contributed by atoms with E-state index in [2.05, 4.69) is 0 Å². The van der Waals surface area contributed by atoms with Crippen molar-refractivity contribution < 1.29 is 33.9 Å². The number of Topliss-reactive ketones (excluding diaryl/α,β-unsaturated/α-hetero) is 1. The maximum atomic E-state index is 13.2. The van der Waals surface area contributed by atoms with Crippen LogP contribution >= 0.6 is 0 Å². The summed E-state index contributed by atoms with van der Waals surface area (Å²) in [6.07, 6.45) is 0. The molecule has 1 atom stereocenters. The van der Waals surface area contributed by atoms with Gasteiger partial charge in [0.05, 0.1) is 23.6 Å². The molecule has 1 aliphatic rings. The minimum Gasteiger partial charge on any atom is -0.507 e. The summed E-state index contributed by atoms with van der Waals surface area (Å²) in [5, 5.41) is 22.1. The van der Waals surface area contributed by atoms with Crippen LogP contribution in [0.2, 0.25) is 0 Å². The number of amides is 1. The first-order valence-electron chi connectivity index (χ1n) is 10.7. The van der Waals surface area contributed by atoms with Gasteiger partial charge in [0.1, 0.15) is 17.3 Å². The van der Waals surface area contributed by atoms with Gasteiger partial charge < -0.3 is 14.6 Å². The van der Waals surface area contributed by atoms with Crippen LogP contribution in [-0.2, 0) is 14.4 Å². The molecule has 10 heteroatoms. The van der Waals surface area contributed by atoms with Gasteiger partial charge in [0.15, 0.2) is 0 Å². The van der Waals surface area contributed by atoms with Gasteiger partial charge in [-0.05, 0) is 42.0 Å². The number of methoxy groups -OCH3 is 1. The predicted molar refractivity (Wildman–Crippen MR) is 129 cm³/mol. The summed E-state index contributed by atoms with van der Waals surface area (Å²) in [6, 6.07) is 16.6. The fourth-order valence-electron chi connectivity index (χ4n) is 3.96. The number of hydrogen-bond donors (Lipinski definition) is 1. The molecule has 182 valence electrons. The molecule has 1 heterocycles. The lowest BCUT2D eigenvalue weighted by Gasteiger charge is -2.26. The fraction of sp³-hybridized carbons (Fsp3) is 0.115. The second-order valence-electron chi connectivity index (χ2n) is 7.84. The van der Waals surface area contributed by atoms with E-state index >= 15 is 0 Å². The zero-order valence-electron chi connectivity index (χ0n) is 19.2. The fourth-order valence-corrected chi connectivity index (χ4v) is 3.96. The van der Waals surface area contributed by atoms with Crippen molar-refractivity contribution in [1.29, 1.82) is 0 Å². The van der Waals surface area contributed by atoms with Gasteiger partial charge in [0, 0.05) is 36.4 Å². The molecule has 1 aliphatic heterocycles. The summed E-state index contributed by atoms with van der Waals surface area (Å²) in [7, 11) is 1.47. The third-order valence-electron chi connectivity index (χ3n) is 5.58. The summed E-state index contributed by atoms with van der Waals surface area (Å²) in [6.45, 7) is 1.26. The molecule has 4 rings (SSSR count). The Morgan fingerprint density at radius 3 is 2.25 bits per heavy atom. The van der Waals surface area contributed by atoms with Crippen LogP contribution in [0.5, 0.6) is 11.5 Å². The molecule has 0 aromatic heterocycles. The zero-order valence-corrected chi connectivity index (χ0v) is 19.2. The Bertz CT molecular complexity index is 1390. The van der Waals surface area contributed by atoms with E-state index in [-0.39, 0.29) is 22.6 Å². The van der Waals surface area contributed by atoms with E-state index < -0.39 is 34.4 Å². The second kappa shape index (κ2) is 9.71. The standard InChI is InChI=1S/C26H20N2O8/c1-15(29)36-20-12-8-16(9-13-20)23-22(24(30)17-6-10-18(11-7-17)28(33)34)25(31)26(32)27(23)19-4-3-5-21(14-19)35-2/h3-14,23,30H,1-2H3/b24-22+. The first-order chi connectivity index (χ1) is 17.2. The maximum Gasteiger partial charge on any atom is 0.308 e. The van der Waals surface area contributed by atoms with E-state index in [0.29, 0.717) is 17.0 Å². The number of aliphatic hydroxyl groups is 1. The summed E-state index contributed by atoms with van der Waals surface area (Å²) < 4.78 is 10.3. The van der Waals surface area contributed by atoms with E-state index in [1.807, 2.05) is 0 Å². The Balaban J connectivity index is 1.89. The normalized spacial score (nSPS) is 16.6. The van der Waals surface area contributed by atoms with Crippen molar-refractivity contribution >= 4 is 34.8 Å². The van der Waals surface area contributed by atoms with Gasteiger partial charge >= 0.3 is 5.97 Å². The predicted octanol–water partition coefficient (Wildman–Crippen LogP) is 4.16. The minimum absolute atomic E-state index is 0.130. The summed E-state index contributed by atoms with van der Waals surface area (Å²) >= 11 is 0. The SMILES string of the molecule is COc1cccc(N2C(=O)C(=O)/C(=C(/O)c3ccc([N+](=O)[O-])cc3)C2c2ccc(OC(C)=O)cc2)c1. The van der Waals surface area contributed by atoms with Gasteiger partial charge in [-0.2, -0.15) is 0 Å². The van der Waals surface area contributed by atoms with Gasteiger partial charge in [-0.1, -0.05) is 18.2 Å². The number of esters is 1. The van der Waals surface area contributed by atoms with Crippen molar-refractivity contribution in [2.24, 2.45) is 0 Å². The number of anilines is 1. The number of carbonyl (C=O) groups excluding carboxylic acids is 3. The van der Waals surface area contributed by atoms with Crippen LogP contribution in [0.1, 0.15) is 24.1 Å². The van der Waals surface area contributed by atoms with Crippen LogP contribution < -0.4 is 14.4 Å². The Hall–Kier alpha value is -4.99. The minimum atomic E-state index is -1.04. The van der Waals surface area contributed by atoms with E-state index in [1.54, 1.807) is 36.4 Å². The summed E-state index contributed by atoms with van der Waals surface area (Å²) in [5.74, 6) is -2.08. The highest BCUT2D eigenvalue weighted by Gasteiger charge is 2.47. The molecule has 0 saturated carbocycles. The van der Waals surface area contributed by atoms with Crippen LogP contribution in [0, 0.1) is 10.1 Å². The Labute approximate surface area is 205 Å². The molecule has 1 amide bonds. The molecule has 0 spiro atoms. The number of aliphatic hydroxyl groups excluding tert-OH is 1. The average molecular weight is 488 g/mol. The zero-order chi connectivity index (χ0) is 26.0. The summed E-state index contributed by atoms with van der Waals surface area (Å²) in [4.78, 5) is 49.4. The first-order valence-corrected chi connectivity index (χ1v) is 10.7. The second-order valence-corrected chi connectivity index (χ2v) is 7.84. The molecule has 3 aromatic carbocycles. The van der Waals surface area contributed by atoms with Crippen LogP contribution in [0.4, 0.5) is 11.4 Å². The number of carbonyl (C=O) groups is 3. The number of rotatable bonds is 6. The van der Waals surface area contributed by atoms with Gasteiger partial charge in [0.2, 0.25) is 0 Å². The lowest BCUT2D eigenvalue weighted by atomic mass is 9.95. The highest BCUT2D eigenvalue weighted by atomic mass is 16.6. The third kappa shape index (κ3) is 4.51. The van der Waals surface area contributed by atoms with E-state index in [4.69, 9.17) is 9.47 Å². The van der Waals surface area contributed by atoms with Crippen LogP contribution in [-0.4, -0.2) is 34.8 Å². The number of ketones is 1. The largest absolute Gasteiger partial charge is 0.507 e. The van der Waals surface area contributed by atoms with Crippen molar-refractivity contribution in [2.75, 3.05) is 12.0 Å². The lowest BCUT2D eigenvalue weighted by molar-refractivity contribution is -0.384. The van der Waals surface area contributed by atoms with Crippen molar-refractivity contribution in [3.05, 3.63) is 99.6 Å². The van der Waals surface area contributed by atoms with Crippen molar-refractivity contribution in [2.45, 2.75) is 13.0 Å². The smallest absolute Gasteiger partial charge is 0.308 e. The van der Waals surface area contributed by atoms with Gasteiger partial charge in [-0.15, -0.1) is 0 Å². The van der Waals surface area contributed by atoms with Crippen LogP contribution in [0.15, 0.2) is 78.4 Å². The quantitative estimate of drug-likeness (QED) is 0.104.